The van der Waals surface area contributed by atoms with Crippen LogP contribution in [0.4, 0.5) is 5.69 Å². The van der Waals surface area contributed by atoms with Gasteiger partial charge in [-0.1, -0.05) is 6.92 Å². The lowest BCUT2D eigenvalue weighted by Crippen LogP contribution is -2.12. The van der Waals surface area contributed by atoms with Crippen LogP contribution >= 0.6 is 0 Å². The first-order chi connectivity index (χ1) is 10.2. The van der Waals surface area contributed by atoms with E-state index in [4.69, 9.17) is 4.74 Å². The Labute approximate surface area is 123 Å². The minimum atomic E-state index is -0.196. The van der Waals surface area contributed by atoms with Crippen molar-refractivity contribution in [3.63, 3.8) is 0 Å². The van der Waals surface area contributed by atoms with Gasteiger partial charge < -0.3 is 10.1 Å². The third-order valence-corrected chi connectivity index (χ3v) is 3.26. The smallest absolute Gasteiger partial charge is 0.255 e. The van der Waals surface area contributed by atoms with Crippen LogP contribution in [0.1, 0.15) is 33.2 Å². The van der Waals surface area contributed by atoms with Crippen LogP contribution in [-0.4, -0.2) is 19.3 Å². The summed E-state index contributed by atoms with van der Waals surface area (Å²) < 4.78 is 5.06. The molecule has 0 atom stereocenters. The zero-order valence-electron chi connectivity index (χ0n) is 12.1. The molecule has 0 aromatic heterocycles. The monoisotopic (exact) mass is 283 g/mol. The van der Waals surface area contributed by atoms with E-state index in [1.165, 1.54) is 0 Å². The molecule has 4 nitrogen and oxygen atoms in total. The fourth-order valence-electron chi connectivity index (χ4n) is 2.05. The number of methoxy groups -OCH3 is 1. The lowest BCUT2D eigenvalue weighted by atomic mass is 10.1. The van der Waals surface area contributed by atoms with E-state index in [1.807, 2.05) is 13.0 Å². The van der Waals surface area contributed by atoms with Gasteiger partial charge in [0.2, 0.25) is 0 Å². The van der Waals surface area contributed by atoms with Gasteiger partial charge in [0.05, 0.1) is 7.11 Å². The molecule has 0 fully saturated rings. The first kappa shape index (κ1) is 14.8. The van der Waals surface area contributed by atoms with Gasteiger partial charge in [0.25, 0.3) is 5.91 Å². The number of aryl methyl sites for hydroxylation is 1. The SMILES string of the molecule is CCc1cc(NC(=O)c2ccc(OC)cc2)ccc1C=O. The molecule has 1 N–H and O–H groups in total. The van der Waals surface area contributed by atoms with Crippen LogP contribution in [0.5, 0.6) is 5.75 Å². The second-order valence-electron chi connectivity index (χ2n) is 4.57. The van der Waals surface area contributed by atoms with Crippen molar-refractivity contribution < 1.29 is 14.3 Å². The lowest BCUT2D eigenvalue weighted by Gasteiger charge is -2.09. The van der Waals surface area contributed by atoms with Gasteiger partial charge in [0.1, 0.15) is 12.0 Å². The van der Waals surface area contributed by atoms with Gasteiger partial charge in [-0.2, -0.15) is 0 Å². The first-order valence-corrected chi connectivity index (χ1v) is 6.71. The largest absolute Gasteiger partial charge is 0.497 e. The van der Waals surface area contributed by atoms with Gasteiger partial charge in [-0.3, -0.25) is 9.59 Å². The zero-order valence-corrected chi connectivity index (χ0v) is 12.1. The Morgan fingerprint density at radius 1 is 1.19 bits per heavy atom. The summed E-state index contributed by atoms with van der Waals surface area (Å²) in [7, 11) is 1.58. The van der Waals surface area contributed by atoms with Gasteiger partial charge in [-0.25, -0.2) is 0 Å². The Morgan fingerprint density at radius 2 is 1.90 bits per heavy atom. The van der Waals surface area contributed by atoms with Crippen LogP contribution in [0.2, 0.25) is 0 Å². The Kier molecular flexibility index (Phi) is 4.72. The van der Waals surface area contributed by atoms with Crippen molar-refractivity contribution in [3.8, 4) is 5.75 Å². The maximum absolute atomic E-state index is 12.1. The number of anilines is 1. The molecule has 2 rings (SSSR count). The third-order valence-electron chi connectivity index (χ3n) is 3.26. The minimum Gasteiger partial charge on any atom is -0.497 e. The summed E-state index contributed by atoms with van der Waals surface area (Å²) in [6.07, 6.45) is 1.56. The zero-order chi connectivity index (χ0) is 15.2. The summed E-state index contributed by atoms with van der Waals surface area (Å²) in [5.41, 5.74) is 2.80. The highest BCUT2D eigenvalue weighted by Crippen LogP contribution is 2.17. The molecule has 0 aliphatic carbocycles. The number of carbonyl (C=O) groups is 2. The molecule has 4 heteroatoms. The van der Waals surface area contributed by atoms with E-state index in [9.17, 15) is 9.59 Å². The second-order valence-corrected chi connectivity index (χ2v) is 4.57. The molecule has 2 aromatic carbocycles. The topological polar surface area (TPSA) is 55.4 Å². The number of aldehydes is 1. The van der Waals surface area contributed by atoms with Gasteiger partial charge in [-0.05, 0) is 54.4 Å². The predicted octanol–water partition coefficient (Wildman–Crippen LogP) is 3.32. The van der Waals surface area contributed by atoms with E-state index in [2.05, 4.69) is 5.32 Å². The highest BCUT2D eigenvalue weighted by atomic mass is 16.5. The molecular weight excluding hydrogens is 266 g/mol. The number of carbonyl (C=O) groups excluding carboxylic acids is 2. The number of rotatable bonds is 5. The molecule has 0 aliphatic rings. The van der Waals surface area contributed by atoms with Crippen LogP contribution in [0.3, 0.4) is 0 Å². The molecule has 0 saturated heterocycles. The Balaban J connectivity index is 2.16. The minimum absolute atomic E-state index is 0.196. The molecule has 0 heterocycles. The Morgan fingerprint density at radius 3 is 2.48 bits per heavy atom. The maximum atomic E-state index is 12.1. The lowest BCUT2D eigenvalue weighted by molar-refractivity contribution is 0.102. The van der Waals surface area contributed by atoms with E-state index < -0.39 is 0 Å². The average Bonchev–Trinajstić information content (AvgIpc) is 2.54. The van der Waals surface area contributed by atoms with Crippen molar-refractivity contribution >= 4 is 17.9 Å². The fraction of sp³-hybridized carbons (Fsp3) is 0.176. The Hall–Kier alpha value is -2.62. The van der Waals surface area contributed by atoms with E-state index in [0.29, 0.717) is 22.6 Å². The van der Waals surface area contributed by atoms with Crippen LogP contribution < -0.4 is 10.1 Å². The summed E-state index contributed by atoms with van der Waals surface area (Å²) in [6.45, 7) is 1.97. The fourth-order valence-corrected chi connectivity index (χ4v) is 2.05. The van der Waals surface area contributed by atoms with Crippen molar-refractivity contribution in [2.24, 2.45) is 0 Å². The molecule has 0 radical (unpaired) electrons. The van der Waals surface area contributed by atoms with Crippen molar-refractivity contribution in [2.75, 3.05) is 12.4 Å². The molecule has 1 amide bonds. The second kappa shape index (κ2) is 6.70. The highest BCUT2D eigenvalue weighted by Gasteiger charge is 2.08. The summed E-state index contributed by atoms with van der Waals surface area (Å²) in [6, 6.07) is 12.2. The average molecular weight is 283 g/mol. The quantitative estimate of drug-likeness (QED) is 0.856. The predicted molar refractivity (Wildman–Crippen MR) is 82.2 cm³/mol. The number of hydrogen-bond acceptors (Lipinski definition) is 3. The number of hydrogen-bond donors (Lipinski definition) is 1. The van der Waals surface area contributed by atoms with Gasteiger partial charge >= 0.3 is 0 Å². The molecule has 2 aromatic rings. The normalized spacial score (nSPS) is 10.0. The number of amides is 1. The summed E-state index contributed by atoms with van der Waals surface area (Å²) in [4.78, 5) is 23.0. The first-order valence-electron chi connectivity index (χ1n) is 6.71. The van der Waals surface area contributed by atoms with E-state index in [1.54, 1.807) is 43.5 Å². The number of ether oxygens (including phenoxy) is 1. The maximum Gasteiger partial charge on any atom is 0.255 e. The third kappa shape index (κ3) is 3.48. The van der Waals surface area contributed by atoms with Gasteiger partial charge in [0.15, 0.2) is 0 Å². The van der Waals surface area contributed by atoms with Crippen molar-refractivity contribution in [1.29, 1.82) is 0 Å². The summed E-state index contributed by atoms with van der Waals surface area (Å²) in [5.74, 6) is 0.508. The molecule has 0 unspecified atom stereocenters. The van der Waals surface area contributed by atoms with E-state index >= 15 is 0 Å². The standard InChI is InChI=1S/C17H17NO3/c1-3-12-10-15(7-4-14(12)11-19)18-17(20)13-5-8-16(21-2)9-6-13/h4-11H,3H2,1-2H3,(H,18,20). The molecule has 21 heavy (non-hydrogen) atoms. The van der Waals surface area contributed by atoms with Crippen molar-refractivity contribution in [2.45, 2.75) is 13.3 Å². The van der Waals surface area contributed by atoms with Crippen LogP contribution in [0.25, 0.3) is 0 Å². The molecule has 0 spiro atoms. The van der Waals surface area contributed by atoms with Crippen LogP contribution in [0, 0.1) is 0 Å². The van der Waals surface area contributed by atoms with Gasteiger partial charge in [-0.15, -0.1) is 0 Å². The van der Waals surface area contributed by atoms with Crippen LogP contribution in [0.15, 0.2) is 42.5 Å². The molecule has 108 valence electrons. The van der Waals surface area contributed by atoms with Crippen molar-refractivity contribution in [3.05, 3.63) is 59.2 Å². The summed E-state index contributed by atoms with van der Waals surface area (Å²) >= 11 is 0. The van der Waals surface area contributed by atoms with E-state index in [-0.39, 0.29) is 5.91 Å². The van der Waals surface area contributed by atoms with Crippen molar-refractivity contribution in [1.82, 2.24) is 0 Å². The Bertz CT molecular complexity index is 648. The van der Waals surface area contributed by atoms with Crippen LogP contribution in [-0.2, 0) is 6.42 Å². The number of benzene rings is 2. The van der Waals surface area contributed by atoms with E-state index in [0.717, 1.165) is 18.3 Å². The number of nitrogens with one attached hydrogen (secondary N) is 1. The molecule has 0 aliphatic heterocycles. The highest BCUT2D eigenvalue weighted by molar-refractivity contribution is 6.04. The molecule has 0 saturated carbocycles. The molecule has 0 bridgehead atoms. The molecular formula is C17H17NO3. The van der Waals surface area contributed by atoms with Gasteiger partial charge in [0, 0.05) is 16.8 Å². The summed E-state index contributed by atoms with van der Waals surface area (Å²) in [5, 5.41) is 2.83.